The summed E-state index contributed by atoms with van der Waals surface area (Å²) in [5, 5.41) is 2.93. The zero-order valence-electron chi connectivity index (χ0n) is 17.6. The molecule has 1 amide bonds. The van der Waals surface area contributed by atoms with Gasteiger partial charge in [0.15, 0.2) is 0 Å². The van der Waals surface area contributed by atoms with E-state index in [2.05, 4.69) is 15.0 Å². The fraction of sp³-hybridized carbons (Fsp3) is 0.143. The lowest BCUT2D eigenvalue weighted by atomic mass is 10.2. The molecule has 0 aliphatic carbocycles. The fourth-order valence-electron chi connectivity index (χ4n) is 3.01. The molecule has 3 rings (SSSR count). The maximum atomic E-state index is 12.8. The number of halogens is 1. The number of carbonyl (C=O) groups excluding carboxylic acids is 1. The first-order chi connectivity index (χ1) is 15.5. The first kappa shape index (κ1) is 24.5. The molecule has 0 saturated heterocycles. The zero-order valence-corrected chi connectivity index (χ0v) is 20.0. The summed E-state index contributed by atoms with van der Waals surface area (Å²) in [5.74, 6) is -0.437. The summed E-state index contributed by atoms with van der Waals surface area (Å²) in [6, 6.07) is 15.3. The number of hydrogen-bond acceptors (Lipinski definition) is 6. The van der Waals surface area contributed by atoms with Crippen molar-refractivity contribution < 1.29 is 21.6 Å². The number of amides is 1. The maximum Gasteiger partial charge on any atom is 0.263 e. The highest BCUT2D eigenvalue weighted by molar-refractivity contribution is 7.92. The molecule has 9 nitrogen and oxygen atoms in total. The standard InChI is InChI=1S/C21H21ClN4O5S2/c1-15(26(32(2,28)29)18-7-5-6-16(22)14-18)21(27)24-17-9-11-19(12-10-17)33(30,31)25-20-8-3-4-13-23-20/h3-15H,1-2H3,(H,23,25)(H,24,27). The molecule has 2 N–H and O–H groups in total. The summed E-state index contributed by atoms with van der Waals surface area (Å²) in [4.78, 5) is 16.7. The molecule has 0 aliphatic rings. The maximum absolute atomic E-state index is 12.8. The second-order valence-corrected chi connectivity index (χ2v) is 11.0. The molecule has 33 heavy (non-hydrogen) atoms. The van der Waals surface area contributed by atoms with Crippen LogP contribution in [0.25, 0.3) is 0 Å². The average Bonchev–Trinajstić information content (AvgIpc) is 2.73. The van der Waals surface area contributed by atoms with Crippen molar-refractivity contribution in [2.24, 2.45) is 0 Å². The van der Waals surface area contributed by atoms with E-state index in [1.54, 1.807) is 24.3 Å². The van der Waals surface area contributed by atoms with E-state index < -0.39 is 32.0 Å². The summed E-state index contributed by atoms with van der Waals surface area (Å²) in [6.07, 6.45) is 2.45. The van der Waals surface area contributed by atoms with Gasteiger partial charge >= 0.3 is 0 Å². The average molecular weight is 509 g/mol. The van der Waals surface area contributed by atoms with Gasteiger partial charge in [-0.05, 0) is 61.5 Å². The van der Waals surface area contributed by atoms with Crippen molar-refractivity contribution in [2.75, 3.05) is 20.6 Å². The number of pyridine rings is 1. The Bertz CT molecular complexity index is 1350. The van der Waals surface area contributed by atoms with Crippen molar-refractivity contribution in [1.29, 1.82) is 0 Å². The molecule has 2 aromatic carbocycles. The van der Waals surface area contributed by atoms with Crippen molar-refractivity contribution in [3.8, 4) is 0 Å². The van der Waals surface area contributed by atoms with Gasteiger partial charge in [0.05, 0.1) is 16.8 Å². The van der Waals surface area contributed by atoms with Crippen molar-refractivity contribution in [1.82, 2.24) is 4.98 Å². The van der Waals surface area contributed by atoms with Crippen LogP contribution in [0.15, 0.2) is 77.8 Å². The highest BCUT2D eigenvalue weighted by Gasteiger charge is 2.29. The lowest BCUT2D eigenvalue weighted by Gasteiger charge is -2.28. The largest absolute Gasteiger partial charge is 0.324 e. The number of rotatable bonds is 8. The van der Waals surface area contributed by atoms with Crippen molar-refractivity contribution >= 4 is 54.7 Å². The van der Waals surface area contributed by atoms with Gasteiger partial charge in [-0.1, -0.05) is 23.7 Å². The molecule has 1 atom stereocenters. The van der Waals surface area contributed by atoms with E-state index in [-0.39, 0.29) is 16.4 Å². The Morgan fingerprint density at radius 1 is 1.00 bits per heavy atom. The smallest absolute Gasteiger partial charge is 0.263 e. The molecule has 0 fully saturated rings. The summed E-state index contributed by atoms with van der Waals surface area (Å²) >= 11 is 5.98. The minimum Gasteiger partial charge on any atom is -0.324 e. The van der Waals surface area contributed by atoms with Gasteiger partial charge < -0.3 is 5.32 Å². The van der Waals surface area contributed by atoms with Crippen LogP contribution in [0, 0.1) is 0 Å². The van der Waals surface area contributed by atoms with Gasteiger partial charge in [0.25, 0.3) is 10.0 Å². The van der Waals surface area contributed by atoms with Gasteiger partial charge in [-0.25, -0.2) is 21.8 Å². The Morgan fingerprint density at radius 3 is 2.27 bits per heavy atom. The number of carbonyl (C=O) groups is 1. The molecular formula is C21H21ClN4O5S2. The van der Waals surface area contributed by atoms with Crippen LogP contribution in [0.4, 0.5) is 17.2 Å². The molecule has 0 aliphatic heterocycles. The summed E-state index contributed by atoms with van der Waals surface area (Å²) in [7, 11) is -7.68. The van der Waals surface area contributed by atoms with E-state index in [1.807, 2.05) is 0 Å². The molecule has 1 unspecified atom stereocenters. The second kappa shape index (κ2) is 9.77. The van der Waals surface area contributed by atoms with Crippen molar-refractivity contribution in [3.05, 3.63) is 77.9 Å². The molecule has 3 aromatic rings. The molecule has 0 bridgehead atoms. The van der Waals surface area contributed by atoms with Crippen LogP contribution >= 0.6 is 11.6 Å². The Labute approximate surface area is 197 Å². The Morgan fingerprint density at radius 2 is 1.70 bits per heavy atom. The van der Waals surface area contributed by atoms with Crippen molar-refractivity contribution in [3.63, 3.8) is 0 Å². The van der Waals surface area contributed by atoms with Crippen LogP contribution in [0.2, 0.25) is 5.02 Å². The molecule has 1 heterocycles. The molecule has 174 valence electrons. The van der Waals surface area contributed by atoms with Gasteiger partial charge in [0.1, 0.15) is 11.9 Å². The lowest BCUT2D eigenvalue weighted by molar-refractivity contribution is -0.116. The van der Waals surface area contributed by atoms with E-state index in [4.69, 9.17) is 11.6 Å². The third kappa shape index (κ3) is 6.21. The van der Waals surface area contributed by atoms with E-state index in [1.165, 1.54) is 55.6 Å². The van der Waals surface area contributed by atoms with Crippen LogP contribution < -0.4 is 14.3 Å². The van der Waals surface area contributed by atoms with E-state index in [0.717, 1.165) is 10.6 Å². The molecule has 0 radical (unpaired) electrons. The number of aromatic nitrogens is 1. The minimum absolute atomic E-state index is 0.0316. The fourth-order valence-corrected chi connectivity index (χ4v) is 5.37. The van der Waals surface area contributed by atoms with Gasteiger partial charge in [-0.3, -0.25) is 13.8 Å². The first-order valence-corrected chi connectivity index (χ1v) is 13.3. The molecule has 0 saturated carbocycles. The normalized spacial score (nSPS) is 12.6. The molecule has 12 heteroatoms. The number of anilines is 3. The number of nitrogens with zero attached hydrogens (tertiary/aromatic N) is 2. The molecule has 0 spiro atoms. The van der Waals surface area contributed by atoms with Crippen LogP contribution in [0.3, 0.4) is 0 Å². The predicted octanol–water partition coefficient (Wildman–Crippen LogP) is 3.33. The predicted molar refractivity (Wildman–Crippen MR) is 128 cm³/mol. The Hall–Kier alpha value is -3.15. The molecular weight excluding hydrogens is 488 g/mol. The number of benzene rings is 2. The van der Waals surface area contributed by atoms with E-state index >= 15 is 0 Å². The Balaban J connectivity index is 1.76. The van der Waals surface area contributed by atoms with Gasteiger partial charge in [0.2, 0.25) is 15.9 Å². The highest BCUT2D eigenvalue weighted by atomic mass is 35.5. The van der Waals surface area contributed by atoms with Crippen LogP contribution in [0.1, 0.15) is 6.92 Å². The quantitative estimate of drug-likeness (QED) is 0.480. The van der Waals surface area contributed by atoms with Crippen LogP contribution in [-0.4, -0.2) is 40.0 Å². The first-order valence-electron chi connectivity index (χ1n) is 9.57. The number of hydrogen-bond donors (Lipinski definition) is 2. The second-order valence-electron chi connectivity index (χ2n) is 7.05. The van der Waals surface area contributed by atoms with E-state index in [0.29, 0.717) is 10.7 Å². The Kier molecular flexibility index (Phi) is 7.25. The minimum atomic E-state index is -3.87. The SMILES string of the molecule is CC(C(=O)Nc1ccc(S(=O)(=O)Nc2ccccn2)cc1)N(c1cccc(Cl)c1)S(C)(=O)=O. The zero-order chi connectivity index (χ0) is 24.2. The highest BCUT2D eigenvalue weighted by Crippen LogP contribution is 2.25. The van der Waals surface area contributed by atoms with Crippen LogP contribution in [0.5, 0.6) is 0 Å². The monoisotopic (exact) mass is 508 g/mol. The lowest BCUT2D eigenvalue weighted by Crippen LogP contribution is -2.45. The van der Waals surface area contributed by atoms with Gasteiger partial charge in [-0.2, -0.15) is 0 Å². The third-order valence-corrected chi connectivity index (χ3v) is 7.33. The van der Waals surface area contributed by atoms with E-state index in [9.17, 15) is 21.6 Å². The van der Waals surface area contributed by atoms with Gasteiger partial charge in [0, 0.05) is 16.9 Å². The van der Waals surface area contributed by atoms with Crippen LogP contribution in [-0.2, 0) is 24.8 Å². The number of sulfonamides is 2. The van der Waals surface area contributed by atoms with Gasteiger partial charge in [-0.15, -0.1) is 0 Å². The third-order valence-electron chi connectivity index (χ3n) is 4.49. The summed E-state index contributed by atoms with van der Waals surface area (Å²) in [5.41, 5.74) is 0.540. The summed E-state index contributed by atoms with van der Waals surface area (Å²) < 4.78 is 53.1. The number of nitrogens with one attached hydrogen (secondary N) is 2. The van der Waals surface area contributed by atoms with Crippen molar-refractivity contribution in [2.45, 2.75) is 17.9 Å². The molecule has 1 aromatic heterocycles. The summed E-state index contributed by atoms with van der Waals surface area (Å²) in [6.45, 7) is 1.44. The topological polar surface area (TPSA) is 126 Å².